The number of fused-ring (bicyclic) bond motifs is 1. The summed E-state index contributed by atoms with van der Waals surface area (Å²) < 4.78 is 10.8. The molecule has 126 valence electrons. The fraction of sp³-hybridized carbons (Fsp3) is 0.444. The Morgan fingerprint density at radius 2 is 1.83 bits per heavy atom. The Morgan fingerprint density at radius 1 is 0.958 bits per heavy atom. The van der Waals surface area contributed by atoms with Crippen molar-refractivity contribution in [3.8, 4) is 22.8 Å². The van der Waals surface area contributed by atoms with Crippen molar-refractivity contribution in [2.45, 2.75) is 24.3 Å². The molecule has 2 aromatic rings. The summed E-state index contributed by atoms with van der Waals surface area (Å²) in [7, 11) is 0. The average Bonchev–Trinajstić information content (AvgIpc) is 3.11. The van der Waals surface area contributed by atoms with E-state index in [1.807, 2.05) is 30.3 Å². The topological polar surface area (TPSA) is 47.5 Å². The molecule has 0 bridgehead atoms. The van der Waals surface area contributed by atoms with Crippen molar-refractivity contribution in [2.75, 3.05) is 32.2 Å². The van der Waals surface area contributed by atoms with E-state index in [1.165, 1.54) is 32.4 Å². The van der Waals surface area contributed by atoms with Gasteiger partial charge in [0.25, 0.3) is 0 Å². The Labute approximate surface area is 146 Å². The molecule has 4 rings (SSSR count). The zero-order chi connectivity index (χ0) is 16.2. The van der Waals surface area contributed by atoms with Crippen LogP contribution in [0.25, 0.3) is 11.3 Å². The minimum atomic E-state index is 0.289. The number of nitrogens with zero attached hydrogens (tertiary/aromatic N) is 3. The van der Waals surface area contributed by atoms with Crippen LogP contribution in [0.2, 0.25) is 0 Å². The van der Waals surface area contributed by atoms with Gasteiger partial charge in [-0.3, -0.25) is 0 Å². The highest BCUT2D eigenvalue weighted by molar-refractivity contribution is 7.99. The van der Waals surface area contributed by atoms with Gasteiger partial charge in [-0.2, -0.15) is 0 Å². The molecule has 0 spiro atoms. The van der Waals surface area contributed by atoms with E-state index in [9.17, 15) is 0 Å². The second-order valence-electron chi connectivity index (χ2n) is 6.08. The van der Waals surface area contributed by atoms with Crippen molar-refractivity contribution in [1.29, 1.82) is 0 Å². The number of benzene rings is 1. The maximum Gasteiger partial charge on any atom is 0.231 e. The molecular weight excluding hydrogens is 322 g/mol. The first-order chi connectivity index (χ1) is 11.9. The first kappa shape index (κ1) is 15.7. The zero-order valence-corrected chi connectivity index (χ0v) is 14.4. The highest BCUT2D eigenvalue weighted by Crippen LogP contribution is 2.35. The number of likely N-dealkylation sites (tertiary alicyclic amines) is 1. The Balaban J connectivity index is 1.34. The molecule has 0 aliphatic carbocycles. The molecule has 1 aromatic carbocycles. The van der Waals surface area contributed by atoms with Crippen LogP contribution in [-0.2, 0) is 0 Å². The molecule has 2 aliphatic rings. The van der Waals surface area contributed by atoms with E-state index in [0.717, 1.165) is 40.1 Å². The molecule has 0 amide bonds. The maximum absolute atomic E-state index is 5.42. The fourth-order valence-electron chi connectivity index (χ4n) is 3.07. The number of rotatable bonds is 5. The van der Waals surface area contributed by atoms with Crippen molar-refractivity contribution in [3.05, 3.63) is 30.3 Å². The van der Waals surface area contributed by atoms with E-state index in [1.54, 1.807) is 11.8 Å². The van der Waals surface area contributed by atoms with Crippen LogP contribution in [0.5, 0.6) is 11.5 Å². The molecule has 0 unspecified atom stereocenters. The lowest BCUT2D eigenvalue weighted by molar-refractivity contribution is 0.174. The van der Waals surface area contributed by atoms with E-state index in [-0.39, 0.29) is 6.79 Å². The van der Waals surface area contributed by atoms with Crippen molar-refractivity contribution < 1.29 is 9.47 Å². The molecule has 0 radical (unpaired) electrons. The highest BCUT2D eigenvalue weighted by atomic mass is 32.2. The van der Waals surface area contributed by atoms with Gasteiger partial charge in [0.2, 0.25) is 6.79 Å². The molecule has 5 nitrogen and oxygen atoms in total. The van der Waals surface area contributed by atoms with Gasteiger partial charge in [0.15, 0.2) is 11.5 Å². The maximum atomic E-state index is 5.42. The second kappa shape index (κ2) is 7.40. The van der Waals surface area contributed by atoms with Gasteiger partial charge in [0, 0.05) is 17.9 Å². The van der Waals surface area contributed by atoms with Crippen molar-refractivity contribution >= 4 is 11.8 Å². The van der Waals surface area contributed by atoms with E-state index in [2.05, 4.69) is 15.1 Å². The number of piperidine rings is 1. The normalized spacial score (nSPS) is 17.2. The van der Waals surface area contributed by atoms with E-state index in [4.69, 9.17) is 9.47 Å². The minimum absolute atomic E-state index is 0.289. The summed E-state index contributed by atoms with van der Waals surface area (Å²) in [5.41, 5.74) is 1.85. The van der Waals surface area contributed by atoms with Crippen LogP contribution >= 0.6 is 11.8 Å². The average molecular weight is 343 g/mol. The fourth-order valence-corrected chi connectivity index (χ4v) is 3.89. The Hall–Kier alpha value is -1.79. The van der Waals surface area contributed by atoms with Gasteiger partial charge in [0.05, 0.1) is 5.69 Å². The first-order valence-electron chi connectivity index (χ1n) is 8.47. The summed E-state index contributed by atoms with van der Waals surface area (Å²) in [5.74, 6) is 2.63. The van der Waals surface area contributed by atoms with Gasteiger partial charge in [-0.1, -0.05) is 6.42 Å². The smallest absolute Gasteiger partial charge is 0.231 e. The second-order valence-corrected chi connectivity index (χ2v) is 7.19. The van der Waals surface area contributed by atoms with Crippen LogP contribution in [0.15, 0.2) is 35.4 Å². The van der Waals surface area contributed by atoms with E-state index >= 15 is 0 Å². The number of hydrogen-bond acceptors (Lipinski definition) is 6. The molecule has 0 saturated carbocycles. The van der Waals surface area contributed by atoms with Crippen LogP contribution in [-0.4, -0.2) is 47.3 Å². The third-order valence-electron chi connectivity index (χ3n) is 4.41. The number of thioether (sulfide) groups is 1. The van der Waals surface area contributed by atoms with Gasteiger partial charge in [0.1, 0.15) is 5.03 Å². The molecular formula is C18H21N3O2S. The third-order valence-corrected chi connectivity index (χ3v) is 5.31. The molecule has 2 aliphatic heterocycles. The molecule has 1 saturated heterocycles. The summed E-state index contributed by atoms with van der Waals surface area (Å²) in [6.07, 6.45) is 4.07. The molecule has 6 heteroatoms. The lowest BCUT2D eigenvalue weighted by Gasteiger charge is -2.25. The van der Waals surface area contributed by atoms with Crippen LogP contribution in [0.4, 0.5) is 0 Å². The van der Waals surface area contributed by atoms with Crippen LogP contribution < -0.4 is 9.47 Å². The largest absolute Gasteiger partial charge is 0.454 e. The van der Waals surface area contributed by atoms with Gasteiger partial charge < -0.3 is 14.4 Å². The third kappa shape index (κ3) is 3.65. The molecule has 1 aromatic heterocycles. The van der Waals surface area contributed by atoms with Crippen molar-refractivity contribution in [3.63, 3.8) is 0 Å². The number of ether oxygens (including phenoxy) is 2. The minimum Gasteiger partial charge on any atom is -0.454 e. The predicted octanol–water partition coefficient (Wildman–Crippen LogP) is 3.45. The lowest BCUT2D eigenvalue weighted by atomic mass is 10.1. The monoisotopic (exact) mass is 343 g/mol. The van der Waals surface area contributed by atoms with Gasteiger partial charge in [-0.25, -0.2) is 0 Å². The van der Waals surface area contributed by atoms with E-state index < -0.39 is 0 Å². The van der Waals surface area contributed by atoms with Crippen LogP contribution in [0, 0.1) is 0 Å². The zero-order valence-electron chi connectivity index (χ0n) is 13.6. The molecule has 3 heterocycles. The summed E-state index contributed by atoms with van der Waals surface area (Å²) in [6.45, 7) is 3.91. The van der Waals surface area contributed by atoms with Crippen molar-refractivity contribution in [1.82, 2.24) is 15.1 Å². The molecule has 0 N–H and O–H groups in total. The standard InChI is InChI=1S/C18H21N3O2S/c1-2-8-21(9-3-1)10-11-24-18-7-5-15(19-20-18)14-4-6-16-17(12-14)23-13-22-16/h4-7,12H,1-3,8-11,13H2. The van der Waals surface area contributed by atoms with Gasteiger partial charge >= 0.3 is 0 Å². The molecule has 1 fully saturated rings. The number of hydrogen-bond donors (Lipinski definition) is 0. The Morgan fingerprint density at radius 3 is 2.67 bits per heavy atom. The predicted molar refractivity (Wildman–Crippen MR) is 94.6 cm³/mol. The molecule has 24 heavy (non-hydrogen) atoms. The van der Waals surface area contributed by atoms with Gasteiger partial charge in [-0.15, -0.1) is 22.0 Å². The summed E-state index contributed by atoms with van der Waals surface area (Å²) in [5, 5.41) is 9.70. The lowest BCUT2D eigenvalue weighted by Crippen LogP contribution is -2.31. The SMILES string of the molecule is c1cc2c(cc1-c1ccc(SCCN3CCCCC3)nn1)OCO2. The van der Waals surface area contributed by atoms with Crippen LogP contribution in [0.3, 0.4) is 0 Å². The quantitative estimate of drug-likeness (QED) is 0.775. The number of aromatic nitrogens is 2. The first-order valence-corrected chi connectivity index (χ1v) is 9.46. The van der Waals surface area contributed by atoms with E-state index in [0.29, 0.717) is 0 Å². The van der Waals surface area contributed by atoms with Crippen molar-refractivity contribution in [2.24, 2.45) is 0 Å². The summed E-state index contributed by atoms with van der Waals surface area (Å²) >= 11 is 1.78. The molecule has 0 atom stereocenters. The summed E-state index contributed by atoms with van der Waals surface area (Å²) in [6, 6.07) is 9.93. The van der Waals surface area contributed by atoms with Gasteiger partial charge in [-0.05, 0) is 56.3 Å². The van der Waals surface area contributed by atoms with Crippen LogP contribution in [0.1, 0.15) is 19.3 Å². The highest BCUT2D eigenvalue weighted by Gasteiger charge is 2.14. The Bertz CT molecular complexity index is 687. The summed E-state index contributed by atoms with van der Waals surface area (Å²) in [4.78, 5) is 2.55. The Kier molecular flexibility index (Phi) is 4.85.